The first-order valence-electron chi connectivity index (χ1n) is 5.90. The fourth-order valence-corrected chi connectivity index (χ4v) is 2.30. The molecule has 0 bridgehead atoms. The van der Waals surface area contributed by atoms with Crippen LogP contribution in [0.2, 0.25) is 0 Å². The normalized spacial score (nSPS) is 36.5. The number of ether oxygens (including phenoxy) is 1. The number of rotatable bonds is 2. The zero-order valence-electron chi connectivity index (χ0n) is 9.29. The summed E-state index contributed by atoms with van der Waals surface area (Å²) in [5.41, 5.74) is 0. The summed E-state index contributed by atoms with van der Waals surface area (Å²) in [6.07, 6.45) is 3.24. The maximum Gasteiger partial charge on any atom is 0.224 e. The molecule has 86 valence electrons. The van der Waals surface area contributed by atoms with Gasteiger partial charge in [-0.15, -0.1) is 0 Å². The van der Waals surface area contributed by atoms with E-state index in [4.69, 9.17) is 4.74 Å². The van der Waals surface area contributed by atoms with Crippen molar-refractivity contribution in [3.63, 3.8) is 0 Å². The van der Waals surface area contributed by atoms with Crippen LogP contribution in [-0.2, 0) is 9.53 Å². The van der Waals surface area contributed by atoms with Gasteiger partial charge in [0.2, 0.25) is 5.91 Å². The molecule has 1 amide bonds. The highest BCUT2D eigenvalue weighted by molar-refractivity contribution is 5.79. The zero-order valence-corrected chi connectivity index (χ0v) is 9.29. The van der Waals surface area contributed by atoms with Crippen LogP contribution in [0.25, 0.3) is 0 Å². The third kappa shape index (κ3) is 2.69. The van der Waals surface area contributed by atoms with Gasteiger partial charge in [-0.1, -0.05) is 0 Å². The highest BCUT2D eigenvalue weighted by Gasteiger charge is 2.28. The van der Waals surface area contributed by atoms with E-state index in [1.165, 1.54) is 0 Å². The average molecular weight is 212 g/mol. The molecule has 4 heteroatoms. The minimum Gasteiger partial charge on any atom is -0.376 e. The fourth-order valence-electron chi connectivity index (χ4n) is 2.30. The van der Waals surface area contributed by atoms with Gasteiger partial charge in [0, 0.05) is 13.2 Å². The Morgan fingerprint density at radius 2 is 2.33 bits per heavy atom. The molecular weight excluding hydrogens is 192 g/mol. The Bertz CT molecular complexity index is 227. The van der Waals surface area contributed by atoms with Crippen molar-refractivity contribution in [1.29, 1.82) is 0 Å². The number of hydrogen-bond acceptors (Lipinski definition) is 3. The van der Waals surface area contributed by atoms with E-state index in [-0.39, 0.29) is 24.0 Å². The number of amides is 1. The monoisotopic (exact) mass is 212 g/mol. The minimum absolute atomic E-state index is 0.159. The molecule has 3 atom stereocenters. The van der Waals surface area contributed by atoms with Gasteiger partial charge in [0.05, 0.1) is 18.1 Å². The van der Waals surface area contributed by atoms with E-state index in [1.807, 2.05) is 6.92 Å². The van der Waals surface area contributed by atoms with E-state index in [1.54, 1.807) is 0 Å². The number of carbonyl (C=O) groups excluding carboxylic acids is 1. The SMILES string of the molecule is CC1OCCC1NC(=O)[C@@H]1CCCNC1. The van der Waals surface area contributed by atoms with Gasteiger partial charge in [-0.05, 0) is 32.7 Å². The van der Waals surface area contributed by atoms with E-state index in [2.05, 4.69) is 10.6 Å². The largest absolute Gasteiger partial charge is 0.376 e. The number of nitrogens with one attached hydrogen (secondary N) is 2. The molecular formula is C11H20N2O2. The standard InChI is InChI=1S/C11H20N2O2/c1-8-10(4-6-15-8)13-11(14)9-3-2-5-12-7-9/h8-10,12H,2-7H2,1H3,(H,13,14)/t8?,9-,10?/m1/s1. The lowest BCUT2D eigenvalue weighted by Gasteiger charge is -2.24. The Balaban J connectivity index is 1.80. The second kappa shape index (κ2) is 4.94. The quantitative estimate of drug-likeness (QED) is 0.691. The molecule has 0 aromatic heterocycles. The summed E-state index contributed by atoms with van der Waals surface area (Å²) in [5.74, 6) is 0.358. The molecule has 15 heavy (non-hydrogen) atoms. The van der Waals surface area contributed by atoms with Crippen molar-refractivity contribution in [2.24, 2.45) is 5.92 Å². The van der Waals surface area contributed by atoms with Crippen LogP contribution < -0.4 is 10.6 Å². The second-order valence-electron chi connectivity index (χ2n) is 4.52. The average Bonchev–Trinajstić information content (AvgIpc) is 2.66. The van der Waals surface area contributed by atoms with E-state index >= 15 is 0 Å². The summed E-state index contributed by atoms with van der Waals surface area (Å²) >= 11 is 0. The number of carbonyl (C=O) groups is 1. The molecule has 0 saturated carbocycles. The van der Waals surface area contributed by atoms with Gasteiger partial charge in [-0.2, -0.15) is 0 Å². The molecule has 0 aromatic rings. The predicted octanol–water partition coefficient (Wildman–Crippen LogP) is 0.280. The summed E-state index contributed by atoms with van der Waals surface area (Å²) in [6, 6.07) is 0.222. The Kier molecular flexibility index (Phi) is 3.59. The first-order chi connectivity index (χ1) is 7.27. The Morgan fingerprint density at radius 1 is 1.47 bits per heavy atom. The van der Waals surface area contributed by atoms with Crippen molar-refractivity contribution < 1.29 is 9.53 Å². The van der Waals surface area contributed by atoms with Gasteiger partial charge < -0.3 is 15.4 Å². The minimum atomic E-state index is 0.159. The first-order valence-corrected chi connectivity index (χ1v) is 5.90. The Labute approximate surface area is 90.8 Å². The van der Waals surface area contributed by atoms with Crippen LogP contribution in [0, 0.1) is 5.92 Å². The van der Waals surface area contributed by atoms with Crippen LogP contribution in [-0.4, -0.2) is 37.7 Å². The Hall–Kier alpha value is -0.610. The van der Waals surface area contributed by atoms with Crippen LogP contribution in [0.1, 0.15) is 26.2 Å². The van der Waals surface area contributed by atoms with Crippen molar-refractivity contribution in [3.05, 3.63) is 0 Å². The van der Waals surface area contributed by atoms with E-state index in [9.17, 15) is 4.79 Å². The van der Waals surface area contributed by atoms with E-state index in [0.717, 1.165) is 39.0 Å². The first kappa shape index (κ1) is 10.9. The maximum absolute atomic E-state index is 11.9. The van der Waals surface area contributed by atoms with Gasteiger partial charge in [-0.25, -0.2) is 0 Å². The van der Waals surface area contributed by atoms with Crippen molar-refractivity contribution in [1.82, 2.24) is 10.6 Å². The third-order valence-corrected chi connectivity index (χ3v) is 3.37. The maximum atomic E-state index is 11.9. The molecule has 2 fully saturated rings. The van der Waals surface area contributed by atoms with Gasteiger partial charge in [-0.3, -0.25) is 4.79 Å². The molecule has 2 aliphatic rings. The highest BCUT2D eigenvalue weighted by atomic mass is 16.5. The summed E-state index contributed by atoms with van der Waals surface area (Å²) in [6.45, 7) is 4.67. The third-order valence-electron chi connectivity index (χ3n) is 3.37. The van der Waals surface area contributed by atoms with Crippen molar-refractivity contribution >= 4 is 5.91 Å². The highest BCUT2D eigenvalue weighted by Crippen LogP contribution is 2.15. The zero-order chi connectivity index (χ0) is 10.7. The molecule has 2 aliphatic heterocycles. The topological polar surface area (TPSA) is 50.4 Å². The molecule has 2 N–H and O–H groups in total. The van der Waals surface area contributed by atoms with Crippen molar-refractivity contribution in [2.75, 3.05) is 19.7 Å². The number of piperidine rings is 1. The molecule has 4 nitrogen and oxygen atoms in total. The van der Waals surface area contributed by atoms with Gasteiger partial charge in [0.1, 0.15) is 0 Å². The second-order valence-corrected chi connectivity index (χ2v) is 4.52. The lowest BCUT2D eigenvalue weighted by atomic mass is 9.98. The van der Waals surface area contributed by atoms with Crippen LogP contribution in [0.3, 0.4) is 0 Å². The summed E-state index contributed by atoms with van der Waals surface area (Å²) in [7, 11) is 0. The molecule has 0 spiro atoms. The smallest absolute Gasteiger partial charge is 0.224 e. The Morgan fingerprint density at radius 3 is 2.93 bits per heavy atom. The summed E-state index contributed by atoms with van der Waals surface area (Å²) < 4.78 is 5.42. The number of hydrogen-bond donors (Lipinski definition) is 2. The summed E-state index contributed by atoms with van der Waals surface area (Å²) in [5, 5.41) is 6.35. The molecule has 2 unspecified atom stereocenters. The molecule has 0 aromatic carbocycles. The molecule has 2 saturated heterocycles. The lowest BCUT2D eigenvalue weighted by Crippen LogP contribution is -2.46. The van der Waals surface area contributed by atoms with Gasteiger partial charge in [0.15, 0.2) is 0 Å². The van der Waals surface area contributed by atoms with Crippen LogP contribution in [0.4, 0.5) is 0 Å². The lowest BCUT2D eigenvalue weighted by molar-refractivity contribution is -0.126. The van der Waals surface area contributed by atoms with Gasteiger partial charge in [0.25, 0.3) is 0 Å². The van der Waals surface area contributed by atoms with Crippen LogP contribution in [0.5, 0.6) is 0 Å². The van der Waals surface area contributed by atoms with Crippen molar-refractivity contribution in [3.8, 4) is 0 Å². The van der Waals surface area contributed by atoms with E-state index in [0.29, 0.717) is 0 Å². The van der Waals surface area contributed by atoms with Crippen molar-refractivity contribution in [2.45, 2.75) is 38.3 Å². The predicted molar refractivity (Wildman–Crippen MR) is 57.6 cm³/mol. The molecule has 2 heterocycles. The van der Waals surface area contributed by atoms with E-state index < -0.39 is 0 Å². The fraction of sp³-hybridized carbons (Fsp3) is 0.909. The van der Waals surface area contributed by atoms with Crippen LogP contribution in [0.15, 0.2) is 0 Å². The molecule has 0 radical (unpaired) electrons. The van der Waals surface area contributed by atoms with Gasteiger partial charge >= 0.3 is 0 Å². The van der Waals surface area contributed by atoms with Crippen LogP contribution >= 0.6 is 0 Å². The molecule has 2 rings (SSSR count). The molecule has 0 aliphatic carbocycles. The summed E-state index contributed by atoms with van der Waals surface area (Å²) in [4.78, 5) is 11.9.